The van der Waals surface area contributed by atoms with Crippen LogP contribution in [0, 0.1) is 11.8 Å². The van der Waals surface area contributed by atoms with Crippen molar-refractivity contribution in [1.82, 2.24) is 5.32 Å². The second-order valence-corrected chi connectivity index (χ2v) is 7.20. The first kappa shape index (κ1) is 22.8. The van der Waals surface area contributed by atoms with Crippen LogP contribution >= 0.6 is 0 Å². The van der Waals surface area contributed by atoms with E-state index in [1.54, 1.807) is 13.1 Å². The summed E-state index contributed by atoms with van der Waals surface area (Å²) in [6, 6.07) is 0. The number of Topliss-reactive ketones (excluding diaryl/α,β-unsaturated/α-hetero) is 1. The van der Waals surface area contributed by atoms with Crippen molar-refractivity contribution < 1.29 is 4.79 Å². The van der Waals surface area contributed by atoms with Gasteiger partial charge in [0.25, 0.3) is 0 Å². The highest BCUT2D eigenvalue weighted by Crippen LogP contribution is 2.33. The maximum atomic E-state index is 12.1. The molecule has 0 spiro atoms. The molecule has 3 heteroatoms. The van der Waals surface area contributed by atoms with Gasteiger partial charge >= 0.3 is 0 Å². The van der Waals surface area contributed by atoms with Crippen molar-refractivity contribution in [1.29, 1.82) is 0 Å². The first-order chi connectivity index (χ1) is 12.9. The van der Waals surface area contributed by atoms with Crippen LogP contribution in [0.4, 0.5) is 0 Å². The van der Waals surface area contributed by atoms with E-state index in [1.165, 1.54) is 5.57 Å². The lowest BCUT2D eigenvalue weighted by Gasteiger charge is -2.34. The monoisotopic (exact) mass is 368 g/mol. The lowest BCUT2D eigenvalue weighted by molar-refractivity contribution is -0.113. The maximum Gasteiger partial charge on any atom is 0.161 e. The summed E-state index contributed by atoms with van der Waals surface area (Å²) in [6.45, 7) is 14.8. The van der Waals surface area contributed by atoms with Crippen LogP contribution in [0.15, 0.2) is 71.1 Å². The summed E-state index contributed by atoms with van der Waals surface area (Å²) in [7, 11) is 0. The van der Waals surface area contributed by atoms with E-state index in [9.17, 15) is 4.79 Å². The fourth-order valence-corrected chi connectivity index (χ4v) is 3.41. The first-order valence-corrected chi connectivity index (χ1v) is 9.88. The lowest BCUT2D eigenvalue weighted by atomic mass is 9.79. The summed E-state index contributed by atoms with van der Waals surface area (Å²) in [5.41, 5.74) is 10.8. The molecule has 27 heavy (non-hydrogen) atoms. The minimum atomic E-state index is 0.103. The highest BCUT2D eigenvalue weighted by molar-refractivity contribution is 5.96. The van der Waals surface area contributed by atoms with Gasteiger partial charge in [-0.15, -0.1) is 0 Å². The van der Waals surface area contributed by atoms with Crippen LogP contribution in [-0.4, -0.2) is 12.3 Å². The van der Waals surface area contributed by atoms with E-state index >= 15 is 0 Å². The molecule has 1 unspecified atom stereocenters. The average Bonchev–Trinajstić information content (AvgIpc) is 2.67. The molecule has 0 aromatic heterocycles. The predicted octanol–water partition coefficient (Wildman–Crippen LogP) is 5.35. The average molecular weight is 369 g/mol. The standard InChI is InChI=1S/C24H36N2O/c1-7-10-23(19(6)27)24-14-21(12-11-17(4)18(5)15-25)22(16-26-24)13-20(8-2)9-3/h7-8,10-12,15,21-22,26H,4,9,13-14,16,25H2,1-3,5-6H3/b10-7-,12-11-,18-15+,20-8-,24-23-/t21-,22?/m1/s1. The molecule has 0 radical (unpaired) electrons. The molecule has 1 aliphatic rings. The molecule has 1 aliphatic heterocycles. The number of allylic oxidation sites excluding steroid dienone is 10. The zero-order valence-electron chi connectivity index (χ0n) is 17.6. The van der Waals surface area contributed by atoms with Gasteiger partial charge in [0.05, 0.1) is 0 Å². The molecule has 0 aromatic rings. The Morgan fingerprint density at radius 2 is 2.00 bits per heavy atom. The Labute approximate surface area is 165 Å². The third-order valence-corrected chi connectivity index (χ3v) is 5.35. The van der Waals surface area contributed by atoms with Crippen molar-refractivity contribution in [2.45, 2.75) is 53.9 Å². The summed E-state index contributed by atoms with van der Waals surface area (Å²) < 4.78 is 0. The van der Waals surface area contributed by atoms with E-state index in [0.717, 1.165) is 48.2 Å². The van der Waals surface area contributed by atoms with Gasteiger partial charge in [0.15, 0.2) is 5.78 Å². The van der Waals surface area contributed by atoms with Crippen molar-refractivity contribution in [3.8, 4) is 0 Å². The molecule has 3 nitrogen and oxygen atoms in total. The zero-order chi connectivity index (χ0) is 20.4. The second kappa shape index (κ2) is 11.4. The maximum absolute atomic E-state index is 12.1. The third-order valence-electron chi connectivity index (χ3n) is 5.35. The molecule has 3 N–H and O–H groups in total. The number of nitrogens with two attached hydrogens (primary N) is 1. The van der Waals surface area contributed by atoms with Gasteiger partial charge in [-0.2, -0.15) is 0 Å². The molecule has 1 heterocycles. The number of carbonyl (C=O) groups excluding carboxylic acids is 1. The number of hydrogen-bond donors (Lipinski definition) is 2. The molecule has 148 valence electrons. The molecule has 0 amide bonds. The molecule has 0 saturated carbocycles. The summed E-state index contributed by atoms with van der Waals surface area (Å²) in [5.74, 6) is 0.945. The van der Waals surface area contributed by atoms with Crippen LogP contribution in [0.2, 0.25) is 0 Å². The second-order valence-electron chi connectivity index (χ2n) is 7.20. The van der Waals surface area contributed by atoms with Crippen LogP contribution < -0.4 is 11.1 Å². The van der Waals surface area contributed by atoms with Crippen molar-refractivity contribution in [3.63, 3.8) is 0 Å². The van der Waals surface area contributed by atoms with Gasteiger partial charge < -0.3 is 11.1 Å². The van der Waals surface area contributed by atoms with Gasteiger partial charge in [-0.25, -0.2) is 0 Å². The number of piperidine rings is 1. The van der Waals surface area contributed by atoms with Gasteiger partial charge in [0.1, 0.15) is 0 Å². The van der Waals surface area contributed by atoms with Crippen LogP contribution in [0.5, 0.6) is 0 Å². The van der Waals surface area contributed by atoms with E-state index in [0.29, 0.717) is 11.8 Å². The Morgan fingerprint density at radius 3 is 2.52 bits per heavy atom. The number of nitrogens with one attached hydrogen (secondary N) is 1. The minimum absolute atomic E-state index is 0.103. The van der Waals surface area contributed by atoms with E-state index in [4.69, 9.17) is 5.73 Å². The van der Waals surface area contributed by atoms with Crippen molar-refractivity contribution in [2.75, 3.05) is 6.54 Å². The van der Waals surface area contributed by atoms with Crippen LogP contribution in [0.25, 0.3) is 0 Å². The largest absolute Gasteiger partial charge is 0.404 e. The normalized spacial score (nSPS) is 23.6. The van der Waals surface area contributed by atoms with E-state index in [1.807, 2.05) is 26.0 Å². The molecule has 0 aliphatic carbocycles. The van der Waals surface area contributed by atoms with Crippen molar-refractivity contribution in [3.05, 3.63) is 71.1 Å². The van der Waals surface area contributed by atoms with Gasteiger partial charge in [-0.05, 0) is 76.1 Å². The Bertz CT molecular complexity index is 689. The fraction of sp³-hybridized carbons (Fsp3) is 0.458. The fourth-order valence-electron chi connectivity index (χ4n) is 3.41. The van der Waals surface area contributed by atoms with Gasteiger partial charge in [0, 0.05) is 17.8 Å². The molecule has 0 aromatic carbocycles. The Kier molecular flexibility index (Phi) is 9.63. The predicted molar refractivity (Wildman–Crippen MR) is 117 cm³/mol. The van der Waals surface area contributed by atoms with Gasteiger partial charge in [0.2, 0.25) is 0 Å². The Balaban J connectivity index is 3.18. The molecular weight excluding hydrogens is 332 g/mol. The highest BCUT2D eigenvalue weighted by Gasteiger charge is 2.27. The molecular formula is C24H36N2O. The number of carbonyl (C=O) groups is 1. The smallest absolute Gasteiger partial charge is 0.161 e. The first-order valence-electron chi connectivity index (χ1n) is 9.88. The number of ketones is 1. The summed E-state index contributed by atoms with van der Waals surface area (Å²) in [6.07, 6.45) is 15.0. The molecule has 1 fully saturated rings. The Hall–Kier alpha value is -2.29. The minimum Gasteiger partial charge on any atom is -0.404 e. The van der Waals surface area contributed by atoms with E-state index in [-0.39, 0.29) is 5.78 Å². The van der Waals surface area contributed by atoms with Crippen LogP contribution in [-0.2, 0) is 4.79 Å². The molecule has 0 bridgehead atoms. The third kappa shape index (κ3) is 6.74. The zero-order valence-corrected chi connectivity index (χ0v) is 17.6. The number of rotatable bonds is 8. The SMILES string of the molecule is C=C(/C=C\[C@@H]1C/C(=C(\C=C/C)C(C)=O)NCC1C/C(=C\C)CC)/C(C)=C/N. The van der Waals surface area contributed by atoms with E-state index < -0.39 is 0 Å². The molecule has 1 rings (SSSR count). The topological polar surface area (TPSA) is 55.1 Å². The van der Waals surface area contributed by atoms with E-state index in [2.05, 4.69) is 44.0 Å². The molecule has 1 saturated heterocycles. The summed E-state index contributed by atoms with van der Waals surface area (Å²) >= 11 is 0. The van der Waals surface area contributed by atoms with Crippen molar-refractivity contribution >= 4 is 5.78 Å². The summed E-state index contributed by atoms with van der Waals surface area (Å²) in [5, 5.41) is 3.53. The van der Waals surface area contributed by atoms with Crippen LogP contribution in [0.3, 0.4) is 0 Å². The lowest BCUT2D eigenvalue weighted by Crippen LogP contribution is -2.36. The van der Waals surface area contributed by atoms with Crippen LogP contribution in [0.1, 0.15) is 53.9 Å². The Morgan fingerprint density at radius 1 is 1.30 bits per heavy atom. The molecule has 2 atom stereocenters. The highest BCUT2D eigenvalue weighted by atomic mass is 16.1. The quantitative estimate of drug-likeness (QED) is 0.345. The van der Waals surface area contributed by atoms with Gasteiger partial charge in [-0.1, -0.05) is 49.5 Å². The summed E-state index contributed by atoms with van der Waals surface area (Å²) in [4.78, 5) is 12.1. The van der Waals surface area contributed by atoms with Crippen molar-refractivity contribution in [2.24, 2.45) is 17.6 Å². The number of hydrogen-bond acceptors (Lipinski definition) is 3. The van der Waals surface area contributed by atoms with Gasteiger partial charge in [-0.3, -0.25) is 4.79 Å².